The fourth-order valence-electron chi connectivity index (χ4n) is 2.49. The number of carbonyl (C=O) groups excluding carboxylic acids is 1. The second kappa shape index (κ2) is 10.5. The number of carbonyl (C=O) groups is 1. The molecule has 0 saturated heterocycles. The van der Waals surface area contributed by atoms with Crippen molar-refractivity contribution < 1.29 is 9.21 Å². The Kier molecular flexibility index (Phi) is 8.34. The lowest BCUT2D eigenvalue weighted by molar-refractivity contribution is -0.115. The Morgan fingerprint density at radius 1 is 1.19 bits per heavy atom. The molecule has 3 N–H and O–H groups in total. The SMILES string of the molecule is CCN(CC)c1ccc2cc(NC(=O)CCSSCCN)c(=O)oc2c1. The number of anilines is 2. The quantitative estimate of drug-likeness (QED) is 0.362. The van der Waals surface area contributed by atoms with Crippen LogP contribution >= 0.6 is 21.6 Å². The van der Waals surface area contributed by atoms with Crippen molar-refractivity contribution >= 4 is 49.8 Å². The van der Waals surface area contributed by atoms with Crippen molar-refractivity contribution in [3.63, 3.8) is 0 Å². The Balaban J connectivity index is 2.07. The Morgan fingerprint density at radius 3 is 2.62 bits per heavy atom. The van der Waals surface area contributed by atoms with Crippen LogP contribution in [0.5, 0.6) is 0 Å². The highest BCUT2D eigenvalue weighted by Gasteiger charge is 2.11. The molecule has 0 bridgehead atoms. The third-order valence-electron chi connectivity index (χ3n) is 3.82. The molecule has 142 valence electrons. The van der Waals surface area contributed by atoms with E-state index in [9.17, 15) is 9.59 Å². The normalized spacial score (nSPS) is 10.9. The summed E-state index contributed by atoms with van der Waals surface area (Å²) in [5, 5.41) is 3.43. The number of nitrogens with two attached hydrogens (primary N) is 1. The van der Waals surface area contributed by atoms with Crippen LogP contribution in [0, 0.1) is 0 Å². The first-order valence-corrected chi connectivity index (χ1v) is 11.1. The van der Waals surface area contributed by atoms with Crippen LogP contribution in [-0.4, -0.2) is 37.0 Å². The van der Waals surface area contributed by atoms with Crippen LogP contribution in [-0.2, 0) is 4.79 Å². The molecule has 0 atom stereocenters. The van der Waals surface area contributed by atoms with E-state index in [-0.39, 0.29) is 11.6 Å². The summed E-state index contributed by atoms with van der Waals surface area (Å²) in [5.41, 5.74) is 6.59. The summed E-state index contributed by atoms with van der Waals surface area (Å²) in [6, 6.07) is 7.43. The zero-order valence-corrected chi connectivity index (χ0v) is 16.8. The summed E-state index contributed by atoms with van der Waals surface area (Å²) in [7, 11) is 3.24. The standard InChI is InChI=1S/C18H25N3O3S2/c1-3-21(4-2)14-6-5-13-11-15(18(23)24-16(13)12-14)20-17(22)7-9-25-26-10-8-19/h5-6,11-12H,3-4,7-10,19H2,1-2H3,(H,20,22). The number of amides is 1. The molecule has 0 unspecified atom stereocenters. The number of hydrogen-bond acceptors (Lipinski definition) is 7. The molecule has 26 heavy (non-hydrogen) atoms. The number of benzene rings is 1. The van der Waals surface area contributed by atoms with Crippen molar-refractivity contribution in [3.8, 4) is 0 Å². The van der Waals surface area contributed by atoms with Crippen LogP contribution in [0.2, 0.25) is 0 Å². The van der Waals surface area contributed by atoms with Crippen LogP contribution in [0.15, 0.2) is 33.5 Å². The van der Waals surface area contributed by atoms with Gasteiger partial charge in [-0.2, -0.15) is 0 Å². The molecule has 1 aromatic heterocycles. The van der Waals surface area contributed by atoms with Gasteiger partial charge in [0.25, 0.3) is 0 Å². The van der Waals surface area contributed by atoms with Gasteiger partial charge >= 0.3 is 5.63 Å². The lowest BCUT2D eigenvalue weighted by atomic mass is 10.2. The Morgan fingerprint density at radius 2 is 1.92 bits per heavy atom. The molecule has 1 heterocycles. The summed E-state index contributed by atoms with van der Waals surface area (Å²) < 4.78 is 5.41. The molecule has 2 rings (SSSR count). The van der Waals surface area contributed by atoms with Crippen molar-refractivity contribution in [3.05, 3.63) is 34.7 Å². The van der Waals surface area contributed by atoms with Crippen molar-refractivity contribution in [2.75, 3.05) is 41.4 Å². The minimum atomic E-state index is -0.535. The lowest BCUT2D eigenvalue weighted by Gasteiger charge is -2.21. The highest BCUT2D eigenvalue weighted by Crippen LogP contribution is 2.24. The zero-order chi connectivity index (χ0) is 18.9. The van der Waals surface area contributed by atoms with Crippen LogP contribution in [0.3, 0.4) is 0 Å². The molecular weight excluding hydrogens is 370 g/mol. The van der Waals surface area contributed by atoms with E-state index in [1.54, 1.807) is 27.7 Å². The van der Waals surface area contributed by atoms with Gasteiger partial charge in [0, 0.05) is 54.7 Å². The fourth-order valence-corrected chi connectivity index (χ4v) is 4.33. The second-order valence-electron chi connectivity index (χ2n) is 5.57. The van der Waals surface area contributed by atoms with E-state index in [1.165, 1.54) is 0 Å². The highest BCUT2D eigenvalue weighted by atomic mass is 33.1. The molecule has 0 radical (unpaired) electrons. The maximum Gasteiger partial charge on any atom is 0.360 e. The first-order chi connectivity index (χ1) is 12.6. The van der Waals surface area contributed by atoms with Crippen molar-refractivity contribution in [2.45, 2.75) is 20.3 Å². The summed E-state index contributed by atoms with van der Waals surface area (Å²) >= 11 is 0. The molecule has 6 nitrogen and oxygen atoms in total. The fraction of sp³-hybridized carbons (Fsp3) is 0.444. The third kappa shape index (κ3) is 5.69. The maximum absolute atomic E-state index is 12.2. The van der Waals surface area contributed by atoms with Gasteiger partial charge < -0.3 is 20.4 Å². The molecular formula is C18H25N3O3S2. The predicted molar refractivity (Wildman–Crippen MR) is 113 cm³/mol. The van der Waals surface area contributed by atoms with E-state index in [1.807, 2.05) is 18.2 Å². The average Bonchev–Trinajstić information content (AvgIpc) is 2.63. The predicted octanol–water partition coefficient (Wildman–Crippen LogP) is 3.31. The van der Waals surface area contributed by atoms with Gasteiger partial charge in [0.1, 0.15) is 11.3 Å². The molecule has 0 aliphatic heterocycles. The Labute approximate surface area is 161 Å². The van der Waals surface area contributed by atoms with Crippen LogP contribution in [0.4, 0.5) is 11.4 Å². The van der Waals surface area contributed by atoms with Gasteiger partial charge in [0.2, 0.25) is 5.91 Å². The number of nitrogens with one attached hydrogen (secondary N) is 1. The van der Waals surface area contributed by atoms with E-state index in [0.29, 0.717) is 24.3 Å². The summed E-state index contributed by atoms with van der Waals surface area (Å²) in [5.74, 6) is 1.33. The van der Waals surface area contributed by atoms with E-state index >= 15 is 0 Å². The maximum atomic E-state index is 12.2. The van der Waals surface area contributed by atoms with Gasteiger partial charge in [-0.05, 0) is 32.0 Å². The second-order valence-corrected chi connectivity index (χ2v) is 8.27. The van der Waals surface area contributed by atoms with Crippen LogP contribution < -0.4 is 21.6 Å². The van der Waals surface area contributed by atoms with Gasteiger partial charge in [0.15, 0.2) is 0 Å². The lowest BCUT2D eigenvalue weighted by Crippen LogP contribution is -2.21. The zero-order valence-electron chi connectivity index (χ0n) is 15.1. The van der Waals surface area contributed by atoms with E-state index in [4.69, 9.17) is 10.2 Å². The summed E-state index contributed by atoms with van der Waals surface area (Å²) in [4.78, 5) is 26.4. The average molecular weight is 396 g/mol. The van der Waals surface area contributed by atoms with Crippen molar-refractivity contribution in [2.24, 2.45) is 5.73 Å². The molecule has 0 fully saturated rings. The van der Waals surface area contributed by atoms with Crippen molar-refractivity contribution in [1.29, 1.82) is 0 Å². The van der Waals surface area contributed by atoms with Gasteiger partial charge in [-0.3, -0.25) is 4.79 Å². The van der Waals surface area contributed by atoms with E-state index in [0.717, 1.165) is 29.9 Å². The monoisotopic (exact) mass is 395 g/mol. The topological polar surface area (TPSA) is 88.6 Å². The molecule has 2 aromatic rings. The Hall–Kier alpha value is -1.64. The summed E-state index contributed by atoms with van der Waals surface area (Å²) in [6.07, 6.45) is 0.334. The smallest absolute Gasteiger partial charge is 0.360 e. The molecule has 0 saturated carbocycles. The summed E-state index contributed by atoms with van der Waals surface area (Å²) in [6.45, 7) is 6.53. The first-order valence-electron chi connectivity index (χ1n) is 8.66. The molecule has 1 aromatic carbocycles. The van der Waals surface area contributed by atoms with E-state index in [2.05, 4.69) is 24.1 Å². The molecule has 0 spiro atoms. The van der Waals surface area contributed by atoms with E-state index < -0.39 is 5.63 Å². The van der Waals surface area contributed by atoms with Gasteiger partial charge in [-0.1, -0.05) is 21.6 Å². The molecule has 1 amide bonds. The van der Waals surface area contributed by atoms with Gasteiger partial charge in [-0.25, -0.2) is 4.79 Å². The van der Waals surface area contributed by atoms with Crippen molar-refractivity contribution in [1.82, 2.24) is 0 Å². The van der Waals surface area contributed by atoms with Crippen LogP contribution in [0.1, 0.15) is 20.3 Å². The minimum Gasteiger partial charge on any atom is -0.421 e. The molecule has 0 aliphatic carbocycles. The van der Waals surface area contributed by atoms with Gasteiger partial charge in [-0.15, -0.1) is 0 Å². The molecule has 8 heteroatoms. The number of rotatable bonds is 10. The number of hydrogen-bond donors (Lipinski definition) is 2. The number of fused-ring (bicyclic) bond motifs is 1. The number of nitrogens with zero attached hydrogens (tertiary/aromatic N) is 1. The third-order valence-corrected chi connectivity index (χ3v) is 6.26. The highest BCUT2D eigenvalue weighted by molar-refractivity contribution is 8.76. The molecule has 0 aliphatic rings. The minimum absolute atomic E-state index is 0.178. The van der Waals surface area contributed by atoms with Gasteiger partial charge in [0.05, 0.1) is 0 Å². The Bertz CT molecular complexity index is 791. The largest absolute Gasteiger partial charge is 0.421 e. The van der Waals surface area contributed by atoms with Crippen LogP contribution in [0.25, 0.3) is 11.0 Å². The first kappa shape index (κ1) is 20.7.